The van der Waals surface area contributed by atoms with Crippen LogP contribution in [0, 0.1) is 5.92 Å². The molecule has 0 aromatic heterocycles. The normalized spacial score (nSPS) is 16.4. The van der Waals surface area contributed by atoms with Gasteiger partial charge in [0.1, 0.15) is 43.1 Å². The minimum absolute atomic E-state index is 0.0494. The summed E-state index contributed by atoms with van der Waals surface area (Å²) < 4.78 is 17.0. The predicted octanol–water partition coefficient (Wildman–Crippen LogP) is 6.59. The number of carbonyl (C=O) groups excluding carboxylic acids is 6. The lowest BCUT2D eigenvalue weighted by atomic mass is 9.99. The summed E-state index contributed by atoms with van der Waals surface area (Å²) in [5, 5.41) is 12.3. The number of hydrogen-bond donors (Lipinski definition) is 2. The second-order valence-corrected chi connectivity index (χ2v) is 15.2. The maximum Gasteiger partial charge on any atom is 0.416 e. The summed E-state index contributed by atoms with van der Waals surface area (Å²) in [5.41, 5.74) is 2.61. The number of Topliss-reactive ketones (excluding diaryl/α,β-unsaturated/α-hetero) is 1. The summed E-state index contributed by atoms with van der Waals surface area (Å²) in [5.74, 6) is -2.18. The number of esters is 1. The largest absolute Gasteiger partial charge is 0.508 e. The van der Waals surface area contributed by atoms with Gasteiger partial charge in [0.05, 0.1) is 6.04 Å². The summed E-state index contributed by atoms with van der Waals surface area (Å²) in [6.07, 6.45) is -1.96. The number of phenols is 1. The molecule has 0 radical (unpaired) electrons. The molecule has 15 nitrogen and oxygen atoms in total. The molecule has 2 aliphatic heterocycles. The van der Waals surface area contributed by atoms with E-state index in [2.05, 4.69) is 5.32 Å². The lowest BCUT2D eigenvalue weighted by molar-refractivity contribution is -0.147. The van der Waals surface area contributed by atoms with E-state index < -0.39 is 48.6 Å². The highest BCUT2D eigenvalue weighted by molar-refractivity contribution is 6.01. The number of amides is 4. The Morgan fingerprint density at radius 1 is 0.871 bits per heavy atom. The molecular weight excluding hydrogens is 795 g/mol. The fourth-order valence-electron chi connectivity index (χ4n) is 6.69. The fourth-order valence-corrected chi connectivity index (χ4v) is 6.69. The van der Waals surface area contributed by atoms with Gasteiger partial charge in [0.25, 0.3) is 0 Å². The van der Waals surface area contributed by atoms with Crippen LogP contribution in [-0.4, -0.2) is 94.7 Å². The first-order chi connectivity index (χ1) is 29.8. The van der Waals surface area contributed by atoms with Crippen molar-refractivity contribution in [1.82, 2.24) is 20.0 Å². The van der Waals surface area contributed by atoms with E-state index in [1.807, 2.05) is 74.5 Å². The first-order valence-electron chi connectivity index (χ1n) is 20.4. The monoisotopic (exact) mass is 847 g/mol. The summed E-state index contributed by atoms with van der Waals surface area (Å²) in [6, 6.07) is 28.7. The maximum absolute atomic E-state index is 14.0. The van der Waals surface area contributed by atoms with Crippen LogP contribution in [0.2, 0.25) is 0 Å². The Hall–Kier alpha value is -7.03. The topological polar surface area (TPSA) is 184 Å². The maximum atomic E-state index is 14.0. The minimum atomic E-state index is -1.09. The number of likely N-dealkylation sites (N-methyl/N-ethyl adjacent to an activating group) is 1. The highest BCUT2D eigenvalue weighted by Gasteiger charge is 2.33. The lowest BCUT2D eigenvalue weighted by Crippen LogP contribution is -2.52. The van der Waals surface area contributed by atoms with Crippen LogP contribution in [0.1, 0.15) is 67.8 Å². The number of aromatic hydroxyl groups is 1. The molecule has 2 N–H and O–H groups in total. The van der Waals surface area contributed by atoms with Crippen LogP contribution in [0.25, 0.3) is 0 Å². The number of nitrogens with zero attached hydrogens (tertiary/aromatic N) is 4. The molecule has 326 valence electrons. The number of aliphatic imine (C=N–C) groups is 1. The number of fused-ring (bicyclic) bond motifs is 17. The van der Waals surface area contributed by atoms with E-state index in [-0.39, 0.29) is 81.0 Å². The van der Waals surface area contributed by atoms with Gasteiger partial charge in [-0.25, -0.2) is 24.3 Å². The van der Waals surface area contributed by atoms with Gasteiger partial charge in [0.2, 0.25) is 17.8 Å². The number of ether oxygens (including phenoxy) is 3. The van der Waals surface area contributed by atoms with Gasteiger partial charge in [-0.05, 0) is 58.9 Å². The van der Waals surface area contributed by atoms with E-state index in [9.17, 15) is 33.9 Å². The van der Waals surface area contributed by atoms with Crippen molar-refractivity contribution >= 4 is 41.7 Å². The third-order valence-corrected chi connectivity index (χ3v) is 9.99. The van der Waals surface area contributed by atoms with Crippen LogP contribution in [0.3, 0.4) is 0 Å². The first kappa shape index (κ1) is 46.0. The molecule has 15 heteroatoms. The number of ketones is 1. The van der Waals surface area contributed by atoms with Crippen molar-refractivity contribution in [3.8, 4) is 11.5 Å². The van der Waals surface area contributed by atoms with Gasteiger partial charge in [-0.2, -0.15) is 0 Å². The van der Waals surface area contributed by atoms with Gasteiger partial charge in [-0.1, -0.05) is 98.8 Å². The summed E-state index contributed by atoms with van der Waals surface area (Å²) >= 11 is 0. The number of rotatable bonds is 9. The van der Waals surface area contributed by atoms with Crippen molar-refractivity contribution in [2.45, 2.75) is 71.2 Å². The number of nitrogens with one attached hydrogen (secondary N) is 1. The third kappa shape index (κ3) is 13.5. The molecule has 0 spiro atoms. The molecule has 4 aromatic carbocycles. The number of guanidine groups is 1. The molecule has 0 aliphatic carbocycles. The highest BCUT2D eigenvalue weighted by Crippen LogP contribution is 2.26. The van der Waals surface area contributed by atoms with Crippen molar-refractivity contribution in [2.75, 3.05) is 27.2 Å². The highest BCUT2D eigenvalue weighted by atomic mass is 16.6. The van der Waals surface area contributed by atoms with E-state index in [1.54, 1.807) is 24.3 Å². The molecule has 0 saturated heterocycles. The van der Waals surface area contributed by atoms with Gasteiger partial charge >= 0.3 is 18.2 Å². The summed E-state index contributed by atoms with van der Waals surface area (Å²) in [4.78, 5) is 90.8. The second-order valence-electron chi connectivity index (χ2n) is 15.2. The van der Waals surface area contributed by atoms with Crippen molar-refractivity contribution in [2.24, 2.45) is 10.9 Å². The molecule has 4 amide bonds. The van der Waals surface area contributed by atoms with Gasteiger partial charge in [-0.3, -0.25) is 19.3 Å². The zero-order chi connectivity index (χ0) is 44.6. The quantitative estimate of drug-likeness (QED) is 0.138. The standard InChI is InChI=1S/C47H53N5O10/c1-32(2)28-52(47(59)61-31-34-15-19-37(53)20-16-34)45-49-40(36-13-9-6-10-14-36)25-21-38(54)22-26-42(55)51(41(44(57)48-3)27-33-11-7-5-8-12-33)29-43(56)62-39-23-17-35(18-24-39)30-60-46(58)50(45)4/h5-20,23-24,32,40-41,53H,21-22,25-31H2,1-4H3,(H,48,57). The average Bonchev–Trinajstić information content (AvgIpc) is 3.28. The van der Waals surface area contributed by atoms with Crippen LogP contribution >= 0.6 is 0 Å². The molecular formula is C47H53N5O10. The summed E-state index contributed by atoms with van der Waals surface area (Å²) in [7, 11) is 2.87. The molecule has 6 rings (SSSR count). The van der Waals surface area contributed by atoms with Crippen molar-refractivity contribution in [3.05, 3.63) is 131 Å². The molecule has 4 aromatic rings. The molecule has 0 fully saturated rings. The van der Waals surface area contributed by atoms with E-state index in [0.29, 0.717) is 16.7 Å². The SMILES string of the molecule is CNC(=O)C(Cc1ccccc1)N1CC(=O)Oc2ccc(cc2)COC(=O)N(C)C(N(CC(C)C)C(=O)OCc2ccc(O)cc2)=NC(c2ccccc2)CCC(=O)CCC1=O. The minimum Gasteiger partial charge on any atom is -0.508 e. The first-order valence-corrected chi connectivity index (χ1v) is 20.4. The zero-order valence-corrected chi connectivity index (χ0v) is 35.4. The molecule has 0 saturated carbocycles. The van der Waals surface area contributed by atoms with E-state index >= 15 is 0 Å². The Morgan fingerprint density at radius 3 is 2.18 bits per heavy atom. The molecule has 2 unspecified atom stereocenters. The Kier molecular flexibility index (Phi) is 16.7. The average molecular weight is 848 g/mol. The van der Waals surface area contributed by atoms with Crippen LogP contribution in [-0.2, 0) is 48.3 Å². The third-order valence-electron chi connectivity index (χ3n) is 9.99. The Balaban J connectivity index is 1.51. The number of hydrogen-bond acceptors (Lipinski definition) is 11. The van der Waals surface area contributed by atoms with Crippen LogP contribution in [0.4, 0.5) is 9.59 Å². The predicted molar refractivity (Wildman–Crippen MR) is 230 cm³/mol. The van der Waals surface area contributed by atoms with Crippen LogP contribution in [0.5, 0.6) is 11.5 Å². The smallest absolute Gasteiger partial charge is 0.416 e. The Labute approximate surface area is 361 Å². The molecule has 2 atom stereocenters. The van der Waals surface area contributed by atoms with Gasteiger partial charge in [-0.15, -0.1) is 0 Å². The number of benzene rings is 4. The molecule has 62 heavy (non-hydrogen) atoms. The Morgan fingerprint density at radius 2 is 1.53 bits per heavy atom. The van der Waals surface area contributed by atoms with Gasteiger partial charge in [0.15, 0.2) is 0 Å². The van der Waals surface area contributed by atoms with E-state index in [4.69, 9.17) is 19.2 Å². The van der Waals surface area contributed by atoms with Crippen LogP contribution < -0.4 is 10.1 Å². The Bertz CT molecular complexity index is 2180. The fraction of sp³-hybridized carbons (Fsp3) is 0.340. The number of phenolic OH excluding ortho intramolecular Hbond substituents is 1. The molecule has 2 bridgehead atoms. The molecule has 2 heterocycles. The summed E-state index contributed by atoms with van der Waals surface area (Å²) in [6.45, 7) is 2.97. The zero-order valence-electron chi connectivity index (χ0n) is 35.4. The lowest BCUT2D eigenvalue weighted by Gasteiger charge is -2.31. The van der Waals surface area contributed by atoms with Crippen molar-refractivity contribution < 1.29 is 48.1 Å². The number of carbonyl (C=O) groups is 6. The molecule has 2 aliphatic rings. The van der Waals surface area contributed by atoms with Crippen LogP contribution in [0.15, 0.2) is 114 Å². The van der Waals surface area contributed by atoms with Crippen molar-refractivity contribution in [1.29, 1.82) is 0 Å². The van der Waals surface area contributed by atoms with Gasteiger partial charge in [0, 0.05) is 46.3 Å². The van der Waals surface area contributed by atoms with Crippen molar-refractivity contribution in [3.63, 3.8) is 0 Å². The van der Waals surface area contributed by atoms with E-state index in [0.717, 1.165) is 15.4 Å². The second kappa shape index (κ2) is 22.5. The van der Waals surface area contributed by atoms with Gasteiger partial charge < -0.3 is 29.5 Å². The van der Waals surface area contributed by atoms with E-state index in [1.165, 1.54) is 43.3 Å².